The van der Waals surface area contributed by atoms with Gasteiger partial charge in [0.05, 0.1) is 0 Å². The van der Waals surface area contributed by atoms with Gasteiger partial charge in [-0.05, 0) is 24.3 Å². The number of amides is 1. The summed E-state index contributed by atoms with van der Waals surface area (Å²) in [6.45, 7) is 0. The van der Waals surface area contributed by atoms with E-state index in [2.05, 4.69) is 5.32 Å². The van der Waals surface area contributed by atoms with E-state index in [0.717, 1.165) is 12.1 Å². The molecular weight excluding hydrogens is 279 g/mol. The second-order valence-electron chi connectivity index (χ2n) is 2.92. The molecule has 16 heavy (non-hydrogen) atoms. The summed E-state index contributed by atoms with van der Waals surface area (Å²) < 4.78 is 10.5. The molecule has 0 aromatic heterocycles. The highest BCUT2D eigenvalue weighted by atomic mass is 35.6. The number of aliphatic hydroxyl groups excluding tert-OH is 1. The molecule has 0 aliphatic heterocycles. The molecule has 0 unspecified atom stereocenters. The maximum atomic E-state index is 12.6. The zero-order chi connectivity index (χ0) is 12.3. The molecule has 0 fully saturated rings. The van der Waals surface area contributed by atoms with Gasteiger partial charge in [-0.1, -0.05) is 34.8 Å². The van der Waals surface area contributed by atoms with Crippen molar-refractivity contribution in [1.82, 2.24) is 5.32 Å². The van der Waals surface area contributed by atoms with Gasteiger partial charge >= 0.3 is 0 Å². The lowest BCUT2D eigenvalue weighted by molar-refractivity contribution is 0.0791. The third-order valence-electron chi connectivity index (χ3n) is 1.68. The van der Waals surface area contributed by atoms with Gasteiger partial charge < -0.3 is 10.4 Å². The van der Waals surface area contributed by atoms with Crippen molar-refractivity contribution in [3.8, 4) is 0 Å². The number of alkyl halides is 3. The van der Waals surface area contributed by atoms with Gasteiger partial charge in [-0.15, -0.1) is 0 Å². The zero-order valence-electron chi connectivity index (χ0n) is 7.75. The van der Waals surface area contributed by atoms with Crippen LogP contribution in [0.4, 0.5) is 4.39 Å². The van der Waals surface area contributed by atoms with Crippen molar-refractivity contribution >= 4 is 40.7 Å². The monoisotopic (exact) mass is 285 g/mol. The molecule has 7 heteroatoms. The minimum Gasteiger partial charge on any atom is -0.369 e. The van der Waals surface area contributed by atoms with E-state index in [1.807, 2.05) is 0 Å². The van der Waals surface area contributed by atoms with Crippen LogP contribution < -0.4 is 5.32 Å². The lowest BCUT2D eigenvalue weighted by Crippen LogP contribution is -2.43. The van der Waals surface area contributed by atoms with Crippen LogP contribution in [0.25, 0.3) is 0 Å². The Labute approximate surface area is 106 Å². The Morgan fingerprint density at radius 3 is 2.25 bits per heavy atom. The summed E-state index contributed by atoms with van der Waals surface area (Å²) in [7, 11) is 0. The lowest BCUT2D eigenvalue weighted by Gasteiger charge is -2.19. The summed E-state index contributed by atoms with van der Waals surface area (Å²) in [6, 6.07) is 4.71. The first-order valence-corrected chi connectivity index (χ1v) is 5.25. The molecule has 0 heterocycles. The van der Waals surface area contributed by atoms with E-state index in [1.54, 1.807) is 0 Å². The summed E-state index contributed by atoms with van der Waals surface area (Å²) in [4.78, 5) is 11.4. The van der Waals surface area contributed by atoms with Crippen molar-refractivity contribution in [2.24, 2.45) is 0 Å². The molecule has 2 N–H and O–H groups in total. The quantitative estimate of drug-likeness (QED) is 0.647. The van der Waals surface area contributed by atoms with Gasteiger partial charge in [0.25, 0.3) is 5.91 Å². The largest absolute Gasteiger partial charge is 0.369 e. The van der Waals surface area contributed by atoms with Crippen LogP contribution >= 0.6 is 34.8 Å². The van der Waals surface area contributed by atoms with Crippen LogP contribution in [-0.2, 0) is 0 Å². The van der Waals surface area contributed by atoms with Gasteiger partial charge in [0, 0.05) is 5.56 Å². The predicted molar refractivity (Wildman–Crippen MR) is 60.2 cm³/mol. The number of aliphatic hydroxyl groups is 1. The molecule has 1 rings (SSSR count). The molecule has 3 nitrogen and oxygen atoms in total. The predicted octanol–water partition coefficient (Wildman–Crippen LogP) is 2.24. The number of hydrogen-bond donors (Lipinski definition) is 2. The highest BCUT2D eigenvalue weighted by Gasteiger charge is 2.32. The second kappa shape index (κ2) is 5.19. The maximum absolute atomic E-state index is 12.6. The highest BCUT2D eigenvalue weighted by Crippen LogP contribution is 2.28. The molecule has 1 aromatic rings. The third-order valence-corrected chi connectivity index (χ3v) is 2.30. The van der Waals surface area contributed by atoms with Crippen molar-refractivity contribution in [2.75, 3.05) is 0 Å². The Bertz CT molecular complexity index is 377. The van der Waals surface area contributed by atoms with Gasteiger partial charge in [0.15, 0.2) is 6.23 Å². The molecule has 1 amide bonds. The fourth-order valence-electron chi connectivity index (χ4n) is 0.891. The minimum atomic E-state index is -2.02. The number of nitrogens with one attached hydrogen (secondary N) is 1. The Morgan fingerprint density at radius 1 is 1.31 bits per heavy atom. The molecule has 1 aromatic carbocycles. The fourth-order valence-corrected chi connectivity index (χ4v) is 1.05. The number of hydrogen-bond acceptors (Lipinski definition) is 2. The van der Waals surface area contributed by atoms with Gasteiger partial charge in [-0.3, -0.25) is 4.79 Å². The number of rotatable bonds is 2. The SMILES string of the molecule is O=C(N[C@H](O)C(Cl)(Cl)Cl)c1ccc(F)cc1. The number of carbonyl (C=O) groups is 1. The van der Waals surface area contributed by atoms with Crippen LogP contribution in [0.3, 0.4) is 0 Å². The summed E-state index contributed by atoms with van der Waals surface area (Å²) in [6.07, 6.45) is -1.64. The molecule has 0 bridgehead atoms. The van der Waals surface area contributed by atoms with Crippen molar-refractivity contribution in [2.45, 2.75) is 10.0 Å². The Hall–Kier alpha value is -0.550. The van der Waals surface area contributed by atoms with E-state index in [4.69, 9.17) is 34.8 Å². The normalized spacial score (nSPS) is 13.3. The molecule has 0 aliphatic carbocycles. The number of halogens is 4. The van der Waals surface area contributed by atoms with Gasteiger partial charge in [0.2, 0.25) is 3.79 Å². The fraction of sp³-hybridized carbons (Fsp3) is 0.222. The molecule has 0 saturated carbocycles. The first-order chi connectivity index (χ1) is 7.30. The van der Waals surface area contributed by atoms with Gasteiger partial charge in [-0.25, -0.2) is 4.39 Å². The van der Waals surface area contributed by atoms with Crippen molar-refractivity contribution in [1.29, 1.82) is 0 Å². The van der Waals surface area contributed by atoms with E-state index < -0.39 is 21.7 Å². The first kappa shape index (κ1) is 13.5. The zero-order valence-corrected chi connectivity index (χ0v) is 10.0. The molecule has 1 atom stereocenters. The van der Waals surface area contributed by atoms with E-state index in [1.165, 1.54) is 12.1 Å². The molecule has 88 valence electrons. The van der Waals surface area contributed by atoms with Crippen molar-refractivity contribution in [3.63, 3.8) is 0 Å². The smallest absolute Gasteiger partial charge is 0.253 e. The average Bonchev–Trinajstić information content (AvgIpc) is 2.17. The molecule has 0 spiro atoms. The van der Waals surface area contributed by atoms with E-state index in [-0.39, 0.29) is 5.56 Å². The van der Waals surface area contributed by atoms with Crippen LogP contribution in [0.15, 0.2) is 24.3 Å². The summed E-state index contributed by atoms with van der Waals surface area (Å²) >= 11 is 16.0. The molecule has 0 radical (unpaired) electrons. The summed E-state index contributed by atoms with van der Waals surface area (Å²) in [5.74, 6) is -1.14. The van der Waals surface area contributed by atoms with Crippen LogP contribution in [-0.4, -0.2) is 21.0 Å². The Morgan fingerprint density at radius 2 is 1.81 bits per heavy atom. The maximum Gasteiger partial charge on any atom is 0.253 e. The third kappa shape index (κ3) is 3.79. The summed E-state index contributed by atoms with van der Waals surface area (Å²) in [5.41, 5.74) is 0.148. The Kier molecular flexibility index (Phi) is 4.38. The number of benzene rings is 1. The van der Waals surface area contributed by atoms with Crippen molar-refractivity contribution in [3.05, 3.63) is 35.6 Å². The van der Waals surface area contributed by atoms with Gasteiger partial charge in [-0.2, -0.15) is 0 Å². The molecule has 0 saturated heterocycles. The average molecular weight is 287 g/mol. The van der Waals surface area contributed by atoms with Crippen LogP contribution in [0.1, 0.15) is 10.4 Å². The first-order valence-electron chi connectivity index (χ1n) is 4.12. The highest BCUT2D eigenvalue weighted by molar-refractivity contribution is 6.68. The van der Waals surface area contributed by atoms with Crippen LogP contribution in [0.2, 0.25) is 0 Å². The topological polar surface area (TPSA) is 49.3 Å². The standard InChI is InChI=1S/C9H7Cl3FNO2/c10-9(11,12)8(16)14-7(15)5-1-3-6(13)4-2-5/h1-4,8,16H,(H,14,15)/t8-/m1/s1. The minimum absolute atomic E-state index is 0.148. The molecular formula is C9H7Cl3FNO2. The Balaban J connectivity index is 2.70. The number of carbonyl (C=O) groups excluding carboxylic acids is 1. The van der Waals surface area contributed by atoms with E-state index >= 15 is 0 Å². The van der Waals surface area contributed by atoms with E-state index in [0.29, 0.717) is 0 Å². The van der Waals surface area contributed by atoms with Crippen LogP contribution in [0, 0.1) is 5.82 Å². The molecule has 0 aliphatic rings. The second-order valence-corrected chi connectivity index (χ2v) is 5.29. The lowest BCUT2D eigenvalue weighted by atomic mass is 10.2. The summed E-state index contributed by atoms with van der Waals surface area (Å²) in [5, 5.41) is 11.3. The van der Waals surface area contributed by atoms with Crippen molar-refractivity contribution < 1.29 is 14.3 Å². The van der Waals surface area contributed by atoms with Gasteiger partial charge in [0.1, 0.15) is 5.82 Å². The van der Waals surface area contributed by atoms with E-state index in [9.17, 15) is 14.3 Å². The van der Waals surface area contributed by atoms with Crippen LogP contribution in [0.5, 0.6) is 0 Å².